The van der Waals surface area contributed by atoms with Crippen molar-refractivity contribution < 1.29 is 4.79 Å². The molecule has 1 aliphatic carbocycles. The van der Waals surface area contributed by atoms with Gasteiger partial charge in [0.05, 0.1) is 0 Å². The average molecular weight is 488 g/mol. The molecule has 1 atom stereocenters. The zero-order valence-corrected chi connectivity index (χ0v) is 18.8. The number of imidazole rings is 1. The maximum Gasteiger partial charge on any atom is 0.225 e. The largest absolute Gasteiger partial charge is 0.355 e. The summed E-state index contributed by atoms with van der Waals surface area (Å²) in [5.74, 6) is 2.45. The number of carbonyl (C=O) groups is 1. The molecule has 0 spiro atoms. The Morgan fingerprint density at radius 3 is 2.74 bits per heavy atom. The van der Waals surface area contributed by atoms with E-state index in [0.29, 0.717) is 5.91 Å². The zero-order chi connectivity index (χ0) is 18.4. The van der Waals surface area contributed by atoms with Crippen molar-refractivity contribution in [3.05, 3.63) is 18.2 Å². The van der Waals surface area contributed by atoms with Crippen molar-refractivity contribution in [3.8, 4) is 0 Å². The van der Waals surface area contributed by atoms with Crippen molar-refractivity contribution >= 4 is 35.8 Å². The number of nitrogens with zero attached hydrogens (tertiary/aromatic N) is 4. The topological polar surface area (TPSA) is 74.6 Å². The molecule has 1 aliphatic heterocycles. The van der Waals surface area contributed by atoms with Crippen LogP contribution in [0.4, 0.5) is 0 Å². The Morgan fingerprint density at radius 1 is 1.30 bits per heavy atom. The van der Waals surface area contributed by atoms with Gasteiger partial charge in [-0.3, -0.25) is 9.79 Å². The SMILES string of the molecule is CN=C(NCCn1ccnc1C)NC1CCN(C(=O)C2CCCCC2)C1.I. The summed E-state index contributed by atoms with van der Waals surface area (Å²) in [6.07, 6.45) is 10.6. The van der Waals surface area contributed by atoms with E-state index in [1.54, 1.807) is 7.05 Å². The third-order valence-corrected chi connectivity index (χ3v) is 5.59. The first-order chi connectivity index (χ1) is 12.7. The molecule has 1 saturated carbocycles. The second kappa shape index (κ2) is 10.9. The predicted octanol–water partition coefficient (Wildman–Crippen LogP) is 2.16. The molecular weight excluding hydrogens is 455 g/mol. The summed E-state index contributed by atoms with van der Waals surface area (Å²) in [4.78, 5) is 23.3. The number of aromatic nitrogens is 2. The van der Waals surface area contributed by atoms with Crippen LogP contribution in [0.5, 0.6) is 0 Å². The molecule has 0 bridgehead atoms. The third kappa shape index (κ3) is 6.08. The molecule has 3 rings (SSSR count). The van der Waals surface area contributed by atoms with E-state index >= 15 is 0 Å². The third-order valence-electron chi connectivity index (χ3n) is 5.59. The number of halogens is 1. The molecule has 0 radical (unpaired) electrons. The van der Waals surface area contributed by atoms with Gasteiger partial charge in [0, 0.05) is 57.6 Å². The first-order valence-corrected chi connectivity index (χ1v) is 9.91. The van der Waals surface area contributed by atoms with Crippen LogP contribution >= 0.6 is 24.0 Å². The minimum atomic E-state index is 0. The van der Waals surface area contributed by atoms with E-state index in [-0.39, 0.29) is 35.9 Å². The molecule has 1 aromatic heterocycles. The summed E-state index contributed by atoms with van der Waals surface area (Å²) in [5, 5.41) is 6.82. The zero-order valence-electron chi connectivity index (χ0n) is 16.5. The van der Waals surface area contributed by atoms with Gasteiger partial charge < -0.3 is 20.1 Å². The number of aryl methyl sites for hydroxylation is 1. The number of nitrogens with one attached hydrogen (secondary N) is 2. The Kier molecular flexibility index (Phi) is 8.85. The van der Waals surface area contributed by atoms with Crippen LogP contribution in [0.3, 0.4) is 0 Å². The second-order valence-corrected chi connectivity index (χ2v) is 7.42. The molecule has 1 saturated heterocycles. The second-order valence-electron chi connectivity index (χ2n) is 7.42. The summed E-state index contributed by atoms with van der Waals surface area (Å²) < 4.78 is 2.11. The van der Waals surface area contributed by atoms with Gasteiger partial charge in [-0.15, -0.1) is 24.0 Å². The van der Waals surface area contributed by atoms with Gasteiger partial charge in [0.25, 0.3) is 0 Å². The van der Waals surface area contributed by atoms with Gasteiger partial charge in [-0.2, -0.15) is 0 Å². The molecule has 1 aromatic rings. The first kappa shape index (κ1) is 22.0. The Hall–Kier alpha value is -1.32. The Balaban J connectivity index is 0.00000261. The average Bonchev–Trinajstić information content (AvgIpc) is 3.30. The fourth-order valence-electron chi connectivity index (χ4n) is 4.01. The van der Waals surface area contributed by atoms with Crippen LogP contribution in [0.1, 0.15) is 44.3 Å². The van der Waals surface area contributed by atoms with Crippen LogP contribution in [-0.4, -0.2) is 59.0 Å². The normalized spacial score (nSPS) is 21.0. The molecule has 2 aliphatic rings. The van der Waals surface area contributed by atoms with Gasteiger partial charge in [0.1, 0.15) is 5.82 Å². The molecule has 2 N–H and O–H groups in total. The monoisotopic (exact) mass is 488 g/mol. The van der Waals surface area contributed by atoms with E-state index < -0.39 is 0 Å². The number of hydrogen-bond acceptors (Lipinski definition) is 3. The minimum Gasteiger partial charge on any atom is -0.355 e. The summed E-state index contributed by atoms with van der Waals surface area (Å²) in [6.45, 7) is 5.29. The van der Waals surface area contributed by atoms with Crippen LogP contribution in [0.15, 0.2) is 17.4 Å². The van der Waals surface area contributed by atoms with Gasteiger partial charge in [0.2, 0.25) is 5.91 Å². The molecule has 1 amide bonds. The Bertz CT molecular complexity index is 625. The van der Waals surface area contributed by atoms with Crippen LogP contribution in [0, 0.1) is 12.8 Å². The fraction of sp³-hybridized carbons (Fsp3) is 0.737. The number of guanidine groups is 1. The maximum absolute atomic E-state index is 12.7. The predicted molar refractivity (Wildman–Crippen MR) is 118 cm³/mol. The van der Waals surface area contributed by atoms with Crippen LogP contribution in [0.25, 0.3) is 0 Å². The number of carbonyl (C=O) groups excluding carboxylic acids is 1. The van der Waals surface area contributed by atoms with Crippen LogP contribution in [-0.2, 0) is 11.3 Å². The van der Waals surface area contributed by atoms with Gasteiger partial charge in [0.15, 0.2) is 5.96 Å². The molecule has 7 nitrogen and oxygen atoms in total. The Labute approximate surface area is 179 Å². The van der Waals surface area contributed by atoms with Crippen molar-refractivity contribution in [1.82, 2.24) is 25.1 Å². The number of amides is 1. The molecule has 27 heavy (non-hydrogen) atoms. The highest BCUT2D eigenvalue weighted by molar-refractivity contribution is 14.0. The van der Waals surface area contributed by atoms with E-state index in [2.05, 4.69) is 30.1 Å². The highest BCUT2D eigenvalue weighted by atomic mass is 127. The smallest absolute Gasteiger partial charge is 0.225 e. The molecule has 1 unspecified atom stereocenters. The van der Waals surface area contributed by atoms with Crippen molar-refractivity contribution in [2.24, 2.45) is 10.9 Å². The number of aliphatic imine (C=N–C) groups is 1. The number of hydrogen-bond donors (Lipinski definition) is 2. The van der Waals surface area contributed by atoms with Crippen molar-refractivity contribution in [1.29, 1.82) is 0 Å². The summed E-state index contributed by atoms with van der Waals surface area (Å²) in [7, 11) is 1.79. The lowest BCUT2D eigenvalue weighted by molar-refractivity contribution is -0.135. The van der Waals surface area contributed by atoms with Crippen molar-refractivity contribution in [2.75, 3.05) is 26.7 Å². The molecule has 8 heteroatoms. The minimum absolute atomic E-state index is 0. The summed E-state index contributed by atoms with van der Waals surface area (Å²) in [5.41, 5.74) is 0. The van der Waals surface area contributed by atoms with Crippen LogP contribution in [0.2, 0.25) is 0 Å². The highest BCUT2D eigenvalue weighted by Gasteiger charge is 2.31. The molecule has 2 heterocycles. The van der Waals surface area contributed by atoms with Gasteiger partial charge in [-0.05, 0) is 26.2 Å². The molecule has 2 fully saturated rings. The van der Waals surface area contributed by atoms with E-state index in [0.717, 1.165) is 57.2 Å². The van der Waals surface area contributed by atoms with E-state index in [9.17, 15) is 4.79 Å². The molecule has 0 aromatic carbocycles. The quantitative estimate of drug-likeness (QED) is 0.379. The van der Waals surface area contributed by atoms with Gasteiger partial charge >= 0.3 is 0 Å². The first-order valence-electron chi connectivity index (χ1n) is 9.91. The maximum atomic E-state index is 12.7. The van der Waals surface area contributed by atoms with E-state index in [4.69, 9.17) is 0 Å². The standard InChI is InChI=1S/C19H32N6O.HI/c1-15-21-9-12-24(15)13-10-22-19(20-2)23-17-8-11-25(14-17)18(26)16-6-4-3-5-7-16;/h9,12,16-17H,3-8,10-11,13-14H2,1-2H3,(H2,20,22,23);1H. The lowest BCUT2D eigenvalue weighted by Crippen LogP contribution is -2.46. The summed E-state index contributed by atoms with van der Waals surface area (Å²) in [6, 6.07) is 0.281. The highest BCUT2D eigenvalue weighted by Crippen LogP contribution is 2.26. The van der Waals surface area contributed by atoms with Crippen LogP contribution < -0.4 is 10.6 Å². The van der Waals surface area contributed by atoms with Crippen molar-refractivity contribution in [2.45, 2.75) is 58.0 Å². The van der Waals surface area contributed by atoms with E-state index in [1.165, 1.54) is 19.3 Å². The van der Waals surface area contributed by atoms with Gasteiger partial charge in [-0.25, -0.2) is 4.98 Å². The lowest BCUT2D eigenvalue weighted by Gasteiger charge is -2.26. The Morgan fingerprint density at radius 2 is 2.07 bits per heavy atom. The fourth-order valence-corrected chi connectivity index (χ4v) is 4.01. The van der Waals surface area contributed by atoms with E-state index in [1.807, 2.05) is 19.3 Å². The number of rotatable bonds is 5. The van der Waals surface area contributed by atoms with Gasteiger partial charge in [-0.1, -0.05) is 19.3 Å². The summed E-state index contributed by atoms with van der Waals surface area (Å²) >= 11 is 0. The van der Waals surface area contributed by atoms with Crippen molar-refractivity contribution in [3.63, 3.8) is 0 Å². The number of likely N-dealkylation sites (tertiary alicyclic amines) is 1. The lowest BCUT2D eigenvalue weighted by atomic mass is 9.88. The molecule has 152 valence electrons. The molecular formula is C19H33IN6O.